The Labute approximate surface area is 151 Å². The van der Waals surface area contributed by atoms with Crippen molar-refractivity contribution in [2.24, 2.45) is 5.92 Å². The molecule has 1 aliphatic rings. The summed E-state index contributed by atoms with van der Waals surface area (Å²) < 4.78 is 24.8. The molecule has 24 heavy (non-hydrogen) atoms. The van der Waals surface area contributed by atoms with Crippen molar-refractivity contribution < 1.29 is 13.2 Å². The van der Waals surface area contributed by atoms with Crippen molar-refractivity contribution >= 4 is 33.9 Å². The molecule has 0 saturated carbocycles. The first-order valence-electron chi connectivity index (χ1n) is 8.21. The smallest absolute Gasteiger partial charge is 0.232 e. The van der Waals surface area contributed by atoms with E-state index in [4.69, 9.17) is 0 Å². The fourth-order valence-electron chi connectivity index (χ4n) is 3.15. The van der Waals surface area contributed by atoms with Gasteiger partial charge < -0.3 is 4.90 Å². The van der Waals surface area contributed by atoms with E-state index >= 15 is 0 Å². The number of halogens is 1. The van der Waals surface area contributed by atoms with Crippen molar-refractivity contribution in [2.75, 3.05) is 36.7 Å². The second kappa shape index (κ2) is 8.83. The Kier molecular flexibility index (Phi) is 7.70. The Hall–Kier alpha value is -1.11. The summed E-state index contributed by atoms with van der Waals surface area (Å²) in [6.07, 6.45) is 2.99. The molecule has 0 unspecified atom stereocenters. The number of rotatable bonds is 6. The lowest BCUT2D eigenvalue weighted by Gasteiger charge is -2.30. The van der Waals surface area contributed by atoms with Crippen LogP contribution in [-0.2, 0) is 10.0 Å². The molecule has 1 aromatic rings. The van der Waals surface area contributed by atoms with Crippen molar-refractivity contribution in [2.45, 2.75) is 26.7 Å². The second-order valence-electron chi connectivity index (χ2n) is 6.05. The highest BCUT2D eigenvalue weighted by atomic mass is 35.5. The number of piperidine rings is 1. The topological polar surface area (TPSA) is 57.7 Å². The van der Waals surface area contributed by atoms with Gasteiger partial charge >= 0.3 is 0 Å². The third-order valence-corrected chi connectivity index (χ3v) is 5.80. The van der Waals surface area contributed by atoms with Gasteiger partial charge in [-0.2, -0.15) is 0 Å². The Bertz CT molecular complexity index is 638. The number of ketones is 1. The molecular formula is C17H27ClN2O3S. The average Bonchev–Trinajstić information content (AvgIpc) is 2.54. The third-order valence-electron chi connectivity index (χ3n) is 4.53. The normalized spacial score (nSPS) is 16.5. The van der Waals surface area contributed by atoms with Gasteiger partial charge in [0.1, 0.15) is 0 Å². The van der Waals surface area contributed by atoms with Crippen LogP contribution in [0, 0.1) is 5.92 Å². The molecule has 0 amide bonds. The van der Waals surface area contributed by atoms with E-state index < -0.39 is 10.0 Å². The van der Waals surface area contributed by atoms with Crippen molar-refractivity contribution in [3.8, 4) is 0 Å². The van der Waals surface area contributed by atoms with Gasteiger partial charge in [0.25, 0.3) is 0 Å². The molecule has 0 aliphatic carbocycles. The first-order valence-corrected chi connectivity index (χ1v) is 10.1. The summed E-state index contributed by atoms with van der Waals surface area (Å²) >= 11 is 0. The SMILES string of the molecule is CCN1CCC(C(=O)c2ccc(N(CC)S(C)(=O)=O)cc2)CC1.Cl. The van der Waals surface area contributed by atoms with Gasteiger partial charge in [-0.25, -0.2) is 8.42 Å². The van der Waals surface area contributed by atoms with Crippen LogP contribution in [0.2, 0.25) is 0 Å². The van der Waals surface area contributed by atoms with Crippen LogP contribution >= 0.6 is 12.4 Å². The predicted octanol–water partition coefficient (Wildman–Crippen LogP) is 2.81. The van der Waals surface area contributed by atoms with Crippen LogP contribution in [0.4, 0.5) is 5.69 Å². The van der Waals surface area contributed by atoms with Gasteiger partial charge in [-0.1, -0.05) is 6.92 Å². The number of benzene rings is 1. The van der Waals surface area contributed by atoms with Crippen molar-refractivity contribution in [3.63, 3.8) is 0 Å². The molecule has 2 rings (SSSR count). The minimum atomic E-state index is -3.29. The number of likely N-dealkylation sites (tertiary alicyclic amines) is 1. The molecule has 7 heteroatoms. The van der Waals surface area contributed by atoms with Crippen LogP contribution in [-0.4, -0.2) is 51.5 Å². The van der Waals surface area contributed by atoms with Crippen LogP contribution in [0.5, 0.6) is 0 Å². The van der Waals surface area contributed by atoms with Crippen LogP contribution in [0.3, 0.4) is 0 Å². The molecule has 136 valence electrons. The lowest BCUT2D eigenvalue weighted by Crippen LogP contribution is -2.36. The zero-order valence-electron chi connectivity index (χ0n) is 14.6. The molecule has 0 N–H and O–H groups in total. The Morgan fingerprint density at radius 1 is 1.17 bits per heavy atom. The first-order chi connectivity index (χ1) is 10.9. The predicted molar refractivity (Wildman–Crippen MR) is 101 cm³/mol. The Morgan fingerprint density at radius 3 is 2.12 bits per heavy atom. The number of Topliss-reactive ketones (excluding diaryl/α,β-unsaturated/α-hetero) is 1. The molecule has 1 fully saturated rings. The molecule has 1 aromatic carbocycles. The zero-order valence-corrected chi connectivity index (χ0v) is 16.2. The van der Waals surface area contributed by atoms with Crippen molar-refractivity contribution in [3.05, 3.63) is 29.8 Å². The number of carbonyl (C=O) groups excluding carboxylic acids is 1. The monoisotopic (exact) mass is 374 g/mol. The Balaban J connectivity index is 0.00000288. The van der Waals surface area contributed by atoms with E-state index in [0.717, 1.165) is 32.5 Å². The van der Waals surface area contributed by atoms with Gasteiger partial charge in [-0.15, -0.1) is 12.4 Å². The average molecular weight is 375 g/mol. The summed E-state index contributed by atoms with van der Waals surface area (Å²) in [5.74, 6) is 0.260. The number of hydrogen-bond donors (Lipinski definition) is 0. The van der Waals surface area contributed by atoms with Crippen LogP contribution in [0.25, 0.3) is 0 Å². The van der Waals surface area contributed by atoms with Crippen LogP contribution < -0.4 is 4.31 Å². The largest absolute Gasteiger partial charge is 0.304 e. The van der Waals surface area contributed by atoms with E-state index in [0.29, 0.717) is 17.8 Å². The molecule has 1 saturated heterocycles. The maximum absolute atomic E-state index is 12.6. The zero-order chi connectivity index (χ0) is 17.0. The summed E-state index contributed by atoms with van der Waals surface area (Å²) in [6, 6.07) is 6.94. The van der Waals surface area contributed by atoms with Gasteiger partial charge in [0.15, 0.2) is 5.78 Å². The van der Waals surface area contributed by atoms with Gasteiger partial charge in [0, 0.05) is 18.0 Å². The highest BCUT2D eigenvalue weighted by Crippen LogP contribution is 2.24. The van der Waals surface area contributed by atoms with Gasteiger partial charge in [-0.05, 0) is 63.7 Å². The number of nitrogens with zero attached hydrogens (tertiary/aromatic N) is 2. The maximum Gasteiger partial charge on any atom is 0.232 e. The van der Waals surface area contributed by atoms with E-state index in [1.54, 1.807) is 31.2 Å². The maximum atomic E-state index is 12.6. The highest BCUT2D eigenvalue weighted by molar-refractivity contribution is 7.92. The lowest BCUT2D eigenvalue weighted by molar-refractivity contribution is 0.0844. The molecule has 1 heterocycles. The minimum absolute atomic E-state index is 0. The molecule has 0 bridgehead atoms. The van der Waals surface area contributed by atoms with Gasteiger partial charge in [-0.3, -0.25) is 9.10 Å². The van der Waals surface area contributed by atoms with E-state index in [9.17, 15) is 13.2 Å². The van der Waals surface area contributed by atoms with Gasteiger partial charge in [0.05, 0.1) is 11.9 Å². The summed E-state index contributed by atoms with van der Waals surface area (Å²) in [7, 11) is -3.29. The molecule has 0 radical (unpaired) electrons. The van der Waals surface area contributed by atoms with Crippen LogP contribution in [0.1, 0.15) is 37.0 Å². The number of carbonyl (C=O) groups is 1. The van der Waals surface area contributed by atoms with E-state index in [1.165, 1.54) is 10.6 Å². The molecular weight excluding hydrogens is 348 g/mol. The number of hydrogen-bond acceptors (Lipinski definition) is 4. The number of sulfonamides is 1. The lowest BCUT2D eigenvalue weighted by atomic mass is 9.89. The van der Waals surface area contributed by atoms with Crippen LogP contribution in [0.15, 0.2) is 24.3 Å². The summed E-state index contributed by atoms with van der Waals surface area (Å²) in [4.78, 5) is 15.0. The quantitative estimate of drug-likeness (QED) is 0.718. The van der Waals surface area contributed by atoms with E-state index in [1.807, 2.05) is 0 Å². The fraction of sp³-hybridized carbons (Fsp3) is 0.588. The van der Waals surface area contributed by atoms with Gasteiger partial charge in [0.2, 0.25) is 10.0 Å². The molecule has 1 aliphatic heterocycles. The third kappa shape index (κ3) is 4.94. The highest BCUT2D eigenvalue weighted by Gasteiger charge is 2.25. The van der Waals surface area contributed by atoms with Crippen molar-refractivity contribution in [1.29, 1.82) is 0 Å². The molecule has 0 atom stereocenters. The molecule has 0 spiro atoms. The molecule has 5 nitrogen and oxygen atoms in total. The second-order valence-corrected chi connectivity index (χ2v) is 7.95. The van der Waals surface area contributed by atoms with E-state index in [2.05, 4.69) is 11.8 Å². The summed E-state index contributed by atoms with van der Waals surface area (Å²) in [5, 5.41) is 0. The summed E-state index contributed by atoms with van der Waals surface area (Å²) in [6.45, 7) is 7.30. The number of anilines is 1. The molecule has 0 aromatic heterocycles. The standard InChI is InChI=1S/C17H26N2O3S.ClH/c1-4-18-12-10-15(11-13-18)17(20)14-6-8-16(9-7-14)19(5-2)23(3,21)22;/h6-9,15H,4-5,10-13H2,1-3H3;1H. The Morgan fingerprint density at radius 2 is 1.71 bits per heavy atom. The van der Waals surface area contributed by atoms with Crippen molar-refractivity contribution in [1.82, 2.24) is 4.90 Å². The first kappa shape index (κ1) is 20.9. The minimum Gasteiger partial charge on any atom is -0.304 e. The summed E-state index contributed by atoms with van der Waals surface area (Å²) in [5.41, 5.74) is 1.28. The van der Waals surface area contributed by atoms with E-state index in [-0.39, 0.29) is 24.1 Å². The fourth-order valence-corrected chi connectivity index (χ4v) is 4.12.